The first-order valence-corrected chi connectivity index (χ1v) is 7.33. The molecule has 0 bridgehead atoms. The molecule has 1 N–H and O–H groups in total. The third-order valence-electron chi connectivity index (χ3n) is 3.25. The van der Waals surface area contributed by atoms with E-state index < -0.39 is 11.9 Å². The summed E-state index contributed by atoms with van der Waals surface area (Å²) in [6.45, 7) is 2.05. The SMILES string of the molecule is CCOC(=O)c1ccc(/[N+](O)=C\c2ccc(C(=O)OC)cc2)cc1. The van der Waals surface area contributed by atoms with Gasteiger partial charge in [0, 0.05) is 22.4 Å². The summed E-state index contributed by atoms with van der Waals surface area (Å²) in [4.78, 5) is 23.0. The van der Waals surface area contributed by atoms with Crippen LogP contribution in [0.15, 0.2) is 48.5 Å². The number of nitrogens with zero attached hydrogens (tertiary/aromatic N) is 1. The van der Waals surface area contributed by atoms with Gasteiger partial charge in [-0.15, -0.1) is 0 Å². The Bertz CT molecular complexity index is 748. The van der Waals surface area contributed by atoms with Crippen LogP contribution in [0.2, 0.25) is 0 Å². The van der Waals surface area contributed by atoms with Gasteiger partial charge in [0.15, 0.2) is 0 Å². The van der Waals surface area contributed by atoms with Gasteiger partial charge in [0.25, 0.3) is 5.69 Å². The first-order chi connectivity index (χ1) is 11.5. The fourth-order valence-electron chi connectivity index (χ4n) is 2.00. The highest BCUT2D eigenvalue weighted by molar-refractivity contribution is 5.90. The summed E-state index contributed by atoms with van der Waals surface area (Å²) in [6.07, 6.45) is 1.49. The number of hydrogen-bond acceptors (Lipinski definition) is 5. The lowest BCUT2D eigenvalue weighted by atomic mass is 10.1. The molecule has 6 nitrogen and oxygen atoms in total. The van der Waals surface area contributed by atoms with Crippen molar-refractivity contribution in [2.75, 3.05) is 13.7 Å². The Morgan fingerprint density at radius 2 is 1.54 bits per heavy atom. The number of benzene rings is 2. The molecule has 124 valence electrons. The minimum absolute atomic E-state index is 0.308. The van der Waals surface area contributed by atoms with Crippen LogP contribution in [0.3, 0.4) is 0 Å². The first kappa shape index (κ1) is 17.2. The van der Waals surface area contributed by atoms with E-state index in [0.717, 1.165) is 4.74 Å². The lowest BCUT2D eigenvalue weighted by Crippen LogP contribution is -2.06. The maximum atomic E-state index is 11.6. The van der Waals surface area contributed by atoms with E-state index in [4.69, 9.17) is 4.74 Å². The quantitative estimate of drug-likeness (QED) is 0.300. The van der Waals surface area contributed by atoms with Crippen molar-refractivity contribution in [3.63, 3.8) is 0 Å². The van der Waals surface area contributed by atoms with Crippen LogP contribution in [0, 0.1) is 0 Å². The second kappa shape index (κ2) is 7.92. The Morgan fingerprint density at radius 1 is 1.00 bits per heavy atom. The lowest BCUT2D eigenvalue weighted by Gasteiger charge is -2.01. The molecule has 2 aromatic rings. The Balaban J connectivity index is 2.15. The Morgan fingerprint density at radius 3 is 2.08 bits per heavy atom. The predicted molar refractivity (Wildman–Crippen MR) is 87.1 cm³/mol. The van der Waals surface area contributed by atoms with Crippen LogP contribution in [0.1, 0.15) is 33.2 Å². The second-order valence-electron chi connectivity index (χ2n) is 4.85. The number of esters is 2. The molecule has 0 atom stereocenters. The van der Waals surface area contributed by atoms with Gasteiger partial charge >= 0.3 is 11.9 Å². The largest absolute Gasteiger partial charge is 0.465 e. The molecule has 0 aromatic heterocycles. The molecule has 24 heavy (non-hydrogen) atoms. The van der Waals surface area contributed by atoms with Gasteiger partial charge in [0.2, 0.25) is 6.21 Å². The molecule has 0 heterocycles. The van der Waals surface area contributed by atoms with Gasteiger partial charge < -0.3 is 9.47 Å². The van der Waals surface area contributed by atoms with Gasteiger partial charge in [-0.05, 0) is 43.3 Å². The molecule has 0 aliphatic carbocycles. The van der Waals surface area contributed by atoms with Crippen LogP contribution in [-0.4, -0.2) is 41.8 Å². The van der Waals surface area contributed by atoms with Crippen LogP contribution in [0.4, 0.5) is 5.69 Å². The van der Waals surface area contributed by atoms with Gasteiger partial charge in [-0.25, -0.2) is 9.59 Å². The van der Waals surface area contributed by atoms with Gasteiger partial charge in [0.05, 0.1) is 24.8 Å². The number of hydrogen-bond donors (Lipinski definition) is 1. The molecule has 0 amide bonds. The van der Waals surface area contributed by atoms with Crippen LogP contribution in [0.25, 0.3) is 0 Å². The standard InChI is InChI=1S/C18H18NO5/c1-3-24-18(21)15-8-10-16(11-9-15)19(22)12-13-4-6-14(7-5-13)17(20)23-2/h4-12,22H,3H2,1-2H3/q+1/b19-12+. The molecule has 0 aliphatic rings. The molecular formula is C18H18NO5+. The van der Waals surface area contributed by atoms with Crippen molar-refractivity contribution in [3.8, 4) is 0 Å². The van der Waals surface area contributed by atoms with E-state index in [1.54, 1.807) is 55.5 Å². The number of carbonyl (C=O) groups is 2. The predicted octanol–water partition coefficient (Wildman–Crippen LogP) is 2.80. The zero-order valence-electron chi connectivity index (χ0n) is 13.4. The smallest absolute Gasteiger partial charge is 0.338 e. The summed E-state index contributed by atoms with van der Waals surface area (Å²) in [5.74, 6) is -0.826. The summed E-state index contributed by atoms with van der Waals surface area (Å²) in [5.41, 5.74) is 2.02. The van der Waals surface area contributed by atoms with Crippen molar-refractivity contribution in [1.82, 2.24) is 0 Å². The van der Waals surface area contributed by atoms with Gasteiger partial charge in [-0.1, -0.05) is 0 Å². The van der Waals surface area contributed by atoms with Gasteiger partial charge in [-0.2, -0.15) is 0 Å². The maximum absolute atomic E-state index is 11.6. The zero-order valence-corrected chi connectivity index (χ0v) is 13.4. The average molecular weight is 328 g/mol. The number of ether oxygens (including phenoxy) is 2. The number of carbonyl (C=O) groups excluding carboxylic acids is 2. The normalized spacial score (nSPS) is 11.0. The Kier molecular flexibility index (Phi) is 5.68. The molecule has 2 aromatic carbocycles. The van der Waals surface area contributed by atoms with Crippen molar-refractivity contribution >= 4 is 23.8 Å². The molecule has 0 saturated carbocycles. The third-order valence-corrected chi connectivity index (χ3v) is 3.25. The molecule has 0 radical (unpaired) electrons. The third kappa shape index (κ3) is 4.19. The summed E-state index contributed by atoms with van der Waals surface area (Å²) in [6, 6.07) is 12.9. The van der Waals surface area contributed by atoms with Crippen LogP contribution >= 0.6 is 0 Å². The van der Waals surface area contributed by atoms with E-state index in [1.807, 2.05) is 0 Å². The molecular weight excluding hydrogens is 310 g/mol. The van der Waals surface area contributed by atoms with Crippen molar-refractivity contribution < 1.29 is 29.0 Å². The summed E-state index contributed by atoms with van der Waals surface area (Å²) in [5, 5.41) is 10.1. The fourth-order valence-corrected chi connectivity index (χ4v) is 2.00. The molecule has 0 aliphatic heterocycles. The van der Waals surface area contributed by atoms with Gasteiger partial charge in [0.1, 0.15) is 0 Å². The molecule has 0 saturated heterocycles. The lowest BCUT2D eigenvalue weighted by molar-refractivity contribution is -0.709. The number of rotatable bonds is 5. The van der Waals surface area contributed by atoms with E-state index in [9.17, 15) is 14.8 Å². The topological polar surface area (TPSA) is 75.8 Å². The zero-order chi connectivity index (χ0) is 17.5. The van der Waals surface area contributed by atoms with Crippen molar-refractivity contribution in [2.24, 2.45) is 0 Å². The fraction of sp³-hybridized carbons (Fsp3) is 0.167. The van der Waals surface area contributed by atoms with E-state index >= 15 is 0 Å². The van der Waals surface area contributed by atoms with Crippen LogP contribution in [0.5, 0.6) is 0 Å². The molecule has 0 fully saturated rings. The summed E-state index contributed by atoms with van der Waals surface area (Å²) in [7, 11) is 1.32. The van der Waals surface area contributed by atoms with Crippen LogP contribution in [-0.2, 0) is 9.47 Å². The minimum Gasteiger partial charge on any atom is -0.465 e. The monoisotopic (exact) mass is 328 g/mol. The van der Waals surface area contributed by atoms with Crippen LogP contribution < -0.4 is 0 Å². The summed E-state index contributed by atoms with van der Waals surface area (Å²) < 4.78 is 10.5. The molecule has 0 spiro atoms. The Labute approximate surface area is 139 Å². The van der Waals surface area contributed by atoms with Crippen molar-refractivity contribution in [3.05, 3.63) is 65.2 Å². The van der Waals surface area contributed by atoms with E-state index in [-0.39, 0.29) is 0 Å². The summed E-state index contributed by atoms with van der Waals surface area (Å²) >= 11 is 0. The van der Waals surface area contributed by atoms with E-state index in [0.29, 0.717) is 29.0 Å². The van der Waals surface area contributed by atoms with Gasteiger partial charge in [-0.3, -0.25) is 5.21 Å². The number of methoxy groups -OCH3 is 1. The maximum Gasteiger partial charge on any atom is 0.338 e. The Hall–Kier alpha value is -3.15. The van der Waals surface area contributed by atoms with Crippen molar-refractivity contribution in [1.29, 1.82) is 0 Å². The second-order valence-corrected chi connectivity index (χ2v) is 4.85. The average Bonchev–Trinajstić information content (AvgIpc) is 2.62. The highest BCUT2D eigenvalue weighted by atomic mass is 16.5. The highest BCUT2D eigenvalue weighted by Gasteiger charge is 2.12. The molecule has 0 unspecified atom stereocenters. The minimum atomic E-state index is -0.419. The molecule has 6 heteroatoms. The first-order valence-electron chi connectivity index (χ1n) is 7.33. The van der Waals surface area contributed by atoms with Crippen molar-refractivity contribution in [2.45, 2.75) is 6.92 Å². The van der Waals surface area contributed by atoms with E-state index in [2.05, 4.69) is 4.74 Å². The van der Waals surface area contributed by atoms with E-state index in [1.165, 1.54) is 13.3 Å². The molecule has 2 rings (SSSR count). The highest BCUT2D eigenvalue weighted by Crippen LogP contribution is 2.13.